The Morgan fingerprint density at radius 1 is 1.27 bits per heavy atom. The van der Waals surface area contributed by atoms with Crippen molar-refractivity contribution in [3.63, 3.8) is 0 Å². The molecule has 6 nitrogen and oxygen atoms in total. The summed E-state index contributed by atoms with van der Waals surface area (Å²) in [5.41, 5.74) is 1.26. The summed E-state index contributed by atoms with van der Waals surface area (Å²) in [5, 5.41) is 26.9. The van der Waals surface area contributed by atoms with E-state index in [1.165, 1.54) is 25.3 Å². The van der Waals surface area contributed by atoms with E-state index in [0.717, 1.165) is 0 Å². The number of nitriles is 2. The summed E-state index contributed by atoms with van der Waals surface area (Å²) in [6.07, 6.45) is 1.38. The van der Waals surface area contributed by atoms with Gasteiger partial charge in [0.2, 0.25) is 0 Å². The van der Waals surface area contributed by atoms with Gasteiger partial charge < -0.3 is 14.6 Å². The van der Waals surface area contributed by atoms with E-state index in [9.17, 15) is 4.79 Å². The van der Waals surface area contributed by atoms with Crippen molar-refractivity contribution >= 4 is 23.6 Å². The van der Waals surface area contributed by atoms with Gasteiger partial charge >= 0.3 is 5.97 Å². The number of methoxy groups -OCH3 is 1. The summed E-state index contributed by atoms with van der Waals surface area (Å²) in [6, 6.07) is 13.0. The largest absolute Gasteiger partial charge is 0.493 e. The van der Waals surface area contributed by atoms with Crippen LogP contribution in [0.25, 0.3) is 6.08 Å². The first-order valence-corrected chi connectivity index (χ1v) is 7.70. The Kier molecular flexibility index (Phi) is 6.21. The van der Waals surface area contributed by atoms with Crippen LogP contribution >= 0.6 is 11.6 Å². The fourth-order valence-corrected chi connectivity index (χ4v) is 2.44. The van der Waals surface area contributed by atoms with Crippen LogP contribution in [0.3, 0.4) is 0 Å². The summed E-state index contributed by atoms with van der Waals surface area (Å²) in [6.45, 7) is 0.0913. The monoisotopic (exact) mass is 368 g/mol. The van der Waals surface area contributed by atoms with Crippen molar-refractivity contribution in [3.05, 3.63) is 63.7 Å². The number of hydrogen-bond donors (Lipinski definition) is 1. The molecule has 2 aromatic rings. The highest BCUT2D eigenvalue weighted by molar-refractivity contribution is 6.32. The Labute approximate surface area is 155 Å². The molecule has 0 saturated heterocycles. The molecule has 0 saturated carbocycles. The van der Waals surface area contributed by atoms with E-state index in [1.807, 2.05) is 0 Å². The predicted octanol–water partition coefficient (Wildman–Crippen LogP) is 4.06. The molecule has 0 fully saturated rings. The molecule has 0 atom stereocenters. The number of benzene rings is 2. The van der Waals surface area contributed by atoms with Crippen LogP contribution in [0.1, 0.15) is 21.5 Å². The van der Waals surface area contributed by atoms with Crippen LogP contribution in [0.15, 0.2) is 42.0 Å². The Balaban J connectivity index is 2.29. The third-order valence-electron chi connectivity index (χ3n) is 3.36. The van der Waals surface area contributed by atoms with E-state index in [1.54, 1.807) is 36.4 Å². The van der Waals surface area contributed by atoms with Crippen molar-refractivity contribution < 1.29 is 19.4 Å². The van der Waals surface area contributed by atoms with Gasteiger partial charge in [0.1, 0.15) is 24.3 Å². The maximum atomic E-state index is 11.0. The minimum atomic E-state index is -1.02. The first-order chi connectivity index (χ1) is 12.5. The second-order valence-electron chi connectivity index (χ2n) is 5.11. The van der Waals surface area contributed by atoms with Crippen molar-refractivity contribution in [2.24, 2.45) is 0 Å². The molecular weight excluding hydrogens is 356 g/mol. The van der Waals surface area contributed by atoms with Gasteiger partial charge in [-0.1, -0.05) is 23.7 Å². The third kappa shape index (κ3) is 4.54. The van der Waals surface area contributed by atoms with Gasteiger partial charge in [0.25, 0.3) is 0 Å². The first kappa shape index (κ1) is 18.9. The normalized spacial score (nSPS) is 9.54. The molecule has 0 aliphatic heterocycles. The van der Waals surface area contributed by atoms with Crippen LogP contribution in [-0.2, 0) is 6.61 Å². The van der Waals surface area contributed by atoms with Gasteiger partial charge in [0, 0.05) is 0 Å². The molecule has 0 aromatic heterocycles. The average Bonchev–Trinajstić information content (AvgIpc) is 2.64. The minimum Gasteiger partial charge on any atom is -0.493 e. The summed E-state index contributed by atoms with van der Waals surface area (Å²) in [5.74, 6) is -0.416. The molecule has 0 heterocycles. The van der Waals surface area contributed by atoms with Crippen molar-refractivity contribution in [2.75, 3.05) is 7.11 Å². The van der Waals surface area contributed by atoms with E-state index in [-0.39, 0.29) is 28.5 Å². The Morgan fingerprint density at radius 3 is 2.62 bits per heavy atom. The van der Waals surface area contributed by atoms with E-state index in [4.69, 9.17) is 36.7 Å². The Hall–Kier alpha value is -3.48. The van der Waals surface area contributed by atoms with Crippen LogP contribution in [0.4, 0.5) is 0 Å². The minimum absolute atomic E-state index is 0.0673. The Morgan fingerprint density at radius 2 is 2.00 bits per heavy atom. The van der Waals surface area contributed by atoms with Gasteiger partial charge in [0.05, 0.1) is 17.7 Å². The zero-order valence-electron chi connectivity index (χ0n) is 13.7. The summed E-state index contributed by atoms with van der Waals surface area (Å²) in [7, 11) is 1.44. The van der Waals surface area contributed by atoms with Crippen molar-refractivity contribution in [3.8, 4) is 23.6 Å². The predicted molar refractivity (Wildman–Crippen MR) is 94.9 cm³/mol. The van der Waals surface area contributed by atoms with E-state index in [0.29, 0.717) is 16.9 Å². The fourth-order valence-electron chi connectivity index (χ4n) is 2.17. The lowest BCUT2D eigenvalue weighted by Gasteiger charge is -2.13. The highest BCUT2D eigenvalue weighted by atomic mass is 35.5. The van der Waals surface area contributed by atoms with Crippen LogP contribution in [-0.4, -0.2) is 18.2 Å². The third-order valence-corrected chi connectivity index (χ3v) is 3.64. The van der Waals surface area contributed by atoms with Crippen LogP contribution in [0.5, 0.6) is 11.5 Å². The van der Waals surface area contributed by atoms with Gasteiger partial charge in [-0.15, -0.1) is 0 Å². The SMILES string of the molecule is COc1cc(C=C(C#N)C#N)cc(Cl)c1OCc1cccc(C(=O)O)c1. The number of halogens is 1. The summed E-state index contributed by atoms with van der Waals surface area (Å²) in [4.78, 5) is 11.0. The van der Waals surface area contributed by atoms with Gasteiger partial charge in [0.15, 0.2) is 11.5 Å². The van der Waals surface area contributed by atoms with Gasteiger partial charge in [-0.3, -0.25) is 0 Å². The molecule has 1 N–H and O–H groups in total. The molecular formula is C19H13ClN2O4. The average molecular weight is 369 g/mol. The standard InChI is InChI=1S/C19H13ClN2O4/c1-25-17-8-13(5-14(9-21)10-22)7-16(20)18(17)26-11-12-3-2-4-15(6-12)19(23)24/h2-8H,11H2,1H3,(H,23,24). The lowest BCUT2D eigenvalue weighted by molar-refractivity contribution is 0.0696. The van der Waals surface area contributed by atoms with Gasteiger partial charge in [-0.2, -0.15) is 10.5 Å². The second-order valence-corrected chi connectivity index (χ2v) is 5.52. The Bertz CT molecular complexity index is 939. The first-order valence-electron chi connectivity index (χ1n) is 7.33. The molecule has 0 bridgehead atoms. The molecule has 0 unspecified atom stereocenters. The van der Waals surface area contributed by atoms with E-state index < -0.39 is 5.97 Å². The lowest BCUT2D eigenvalue weighted by atomic mass is 10.1. The number of rotatable bonds is 6. The molecule has 0 radical (unpaired) electrons. The molecule has 0 amide bonds. The molecule has 2 rings (SSSR count). The van der Waals surface area contributed by atoms with Gasteiger partial charge in [-0.05, 0) is 41.5 Å². The molecule has 0 aliphatic rings. The maximum absolute atomic E-state index is 11.0. The van der Waals surface area contributed by atoms with Crippen molar-refractivity contribution in [1.29, 1.82) is 10.5 Å². The number of allylic oxidation sites excluding steroid dienone is 1. The zero-order valence-corrected chi connectivity index (χ0v) is 14.4. The number of nitrogens with zero attached hydrogens (tertiary/aromatic N) is 2. The number of ether oxygens (including phenoxy) is 2. The smallest absolute Gasteiger partial charge is 0.335 e. The molecule has 0 aliphatic carbocycles. The number of carbonyl (C=O) groups is 1. The number of aromatic carboxylic acids is 1. The molecule has 7 heteroatoms. The quantitative estimate of drug-likeness (QED) is 0.771. The van der Waals surface area contributed by atoms with Crippen molar-refractivity contribution in [2.45, 2.75) is 6.61 Å². The molecule has 26 heavy (non-hydrogen) atoms. The molecule has 130 valence electrons. The summed E-state index contributed by atoms with van der Waals surface area (Å²) >= 11 is 6.24. The van der Waals surface area contributed by atoms with Crippen molar-refractivity contribution in [1.82, 2.24) is 0 Å². The van der Waals surface area contributed by atoms with Crippen LogP contribution < -0.4 is 9.47 Å². The number of carboxylic acids is 1. The maximum Gasteiger partial charge on any atom is 0.335 e. The van der Waals surface area contributed by atoms with Crippen LogP contribution in [0.2, 0.25) is 5.02 Å². The van der Waals surface area contributed by atoms with E-state index >= 15 is 0 Å². The fraction of sp³-hybridized carbons (Fsp3) is 0.105. The number of hydrogen-bond acceptors (Lipinski definition) is 5. The zero-order chi connectivity index (χ0) is 19.1. The topological polar surface area (TPSA) is 103 Å². The highest BCUT2D eigenvalue weighted by Gasteiger charge is 2.13. The van der Waals surface area contributed by atoms with E-state index in [2.05, 4.69) is 0 Å². The molecule has 2 aromatic carbocycles. The highest BCUT2D eigenvalue weighted by Crippen LogP contribution is 2.37. The second kappa shape index (κ2) is 8.57. The lowest BCUT2D eigenvalue weighted by Crippen LogP contribution is -2.01. The summed E-state index contributed by atoms with van der Waals surface area (Å²) < 4.78 is 11.0. The van der Waals surface area contributed by atoms with Gasteiger partial charge in [-0.25, -0.2) is 4.79 Å². The van der Waals surface area contributed by atoms with Crippen LogP contribution in [0, 0.1) is 22.7 Å². The number of carboxylic acid groups (broad SMARTS) is 1. The molecule has 0 spiro atoms.